The number of pyridine rings is 1. The number of benzene rings is 1. The molecule has 3 N–H and O–H groups in total. The summed E-state index contributed by atoms with van der Waals surface area (Å²) in [5.74, 6) is -2.76. The maximum absolute atomic E-state index is 12.9. The van der Waals surface area contributed by atoms with Gasteiger partial charge in [0.2, 0.25) is 10.0 Å². The summed E-state index contributed by atoms with van der Waals surface area (Å²) in [5.41, 5.74) is 1.59. The molecule has 0 aliphatic heterocycles. The first-order chi connectivity index (χ1) is 14.7. The Hall–Kier alpha value is -3.06. The highest BCUT2D eigenvalue weighted by atomic mass is 32.2. The number of halogens is 5. The predicted octanol–water partition coefficient (Wildman–Crippen LogP) is 4.49. The number of sulfonamides is 1. The average molecular weight is 479 g/mol. The minimum atomic E-state index is -5.08. The van der Waals surface area contributed by atoms with Crippen LogP contribution in [0.4, 0.5) is 22.0 Å². The fraction of sp³-hybridized carbons (Fsp3) is 0.263. The molecule has 0 bridgehead atoms. The Bertz CT molecular complexity index is 1190. The number of fused-ring (bicyclic) bond motifs is 1. The summed E-state index contributed by atoms with van der Waals surface area (Å²) in [6.45, 7) is 3.48. The van der Waals surface area contributed by atoms with E-state index in [4.69, 9.17) is 9.90 Å². The number of aromatic amines is 1. The van der Waals surface area contributed by atoms with Gasteiger partial charge in [-0.3, -0.25) is 0 Å². The lowest BCUT2D eigenvalue weighted by Crippen LogP contribution is -2.30. The second kappa shape index (κ2) is 9.61. The third-order valence-electron chi connectivity index (χ3n) is 3.90. The van der Waals surface area contributed by atoms with Crippen molar-refractivity contribution in [1.82, 2.24) is 14.7 Å². The Labute approximate surface area is 179 Å². The molecule has 13 heteroatoms. The van der Waals surface area contributed by atoms with Gasteiger partial charge in [0, 0.05) is 17.6 Å². The topological polar surface area (TPSA) is 112 Å². The van der Waals surface area contributed by atoms with Gasteiger partial charge in [0.25, 0.3) is 6.43 Å². The lowest BCUT2D eigenvalue weighted by atomic mass is 10.0. The van der Waals surface area contributed by atoms with Crippen LogP contribution < -0.4 is 4.72 Å². The first kappa shape index (κ1) is 25.2. The molecule has 0 unspecified atom stereocenters. The highest BCUT2D eigenvalue weighted by Gasteiger charge is 2.38. The van der Waals surface area contributed by atoms with E-state index in [9.17, 15) is 30.4 Å². The number of alkyl halides is 5. The molecule has 0 radical (unpaired) electrons. The molecule has 32 heavy (non-hydrogen) atoms. The molecule has 0 saturated heterocycles. The zero-order chi connectivity index (χ0) is 24.3. The molecule has 2 aromatic heterocycles. The minimum absolute atomic E-state index is 0.151. The Morgan fingerprint density at radius 3 is 2.16 bits per heavy atom. The number of hydrogen-bond acceptors (Lipinski definition) is 4. The standard InChI is InChI=1S/C17H17F2N3O2S.C2HF3O2/c1-10(2)22-25(23,24)12-5-3-11(4-6-12)13-7-8-20-17-14(13)9-15(21-17)16(18)19;3-2(4,5)1(6)7/h3-10,16,22H,1-2H3,(H,20,21);(H,6,7). The lowest BCUT2D eigenvalue weighted by Gasteiger charge is -2.10. The van der Waals surface area contributed by atoms with Crippen LogP contribution in [-0.2, 0) is 14.8 Å². The van der Waals surface area contributed by atoms with Gasteiger partial charge in [0.1, 0.15) is 5.65 Å². The fourth-order valence-corrected chi connectivity index (χ4v) is 3.86. The maximum Gasteiger partial charge on any atom is 0.490 e. The van der Waals surface area contributed by atoms with E-state index in [0.29, 0.717) is 16.6 Å². The number of aromatic nitrogens is 2. The molecular weight excluding hydrogens is 461 g/mol. The Morgan fingerprint density at radius 2 is 1.69 bits per heavy atom. The van der Waals surface area contributed by atoms with E-state index < -0.39 is 28.6 Å². The van der Waals surface area contributed by atoms with Gasteiger partial charge in [-0.2, -0.15) is 13.2 Å². The second-order valence-electron chi connectivity index (χ2n) is 6.75. The Morgan fingerprint density at radius 1 is 1.12 bits per heavy atom. The molecule has 0 amide bonds. The summed E-state index contributed by atoms with van der Waals surface area (Å²) < 4.78 is 84.4. The summed E-state index contributed by atoms with van der Waals surface area (Å²) in [6.07, 6.45) is -6.18. The zero-order valence-electron chi connectivity index (χ0n) is 16.6. The third-order valence-corrected chi connectivity index (χ3v) is 5.57. The van der Waals surface area contributed by atoms with Gasteiger partial charge >= 0.3 is 12.1 Å². The smallest absolute Gasteiger partial charge is 0.475 e. The van der Waals surface area contributed by atoms with Crippen LogP contribution in [0, 0.1) is 0 Å². The molecule has 0 aliphatic carbocycles. The van der Waals surface area contributed by atoms with Gasteiger partial charge in [0.05, 0.1) is 10.6 Å². The van der Waals surface area contributed by atoms with Crippen molar-refractivity contribution in [3.63, 3.8) is 0 Å². The molecule has 3 rings (SSSR count). The maximum atomic E-state index is 12.9. The van der Waals surface area contributed by atoms with Gasteiger partial charge < -0.3 is 10.1 Å². The van der Waals surface area contributed by atoms with E-state index in [0.717, 1.165) is 5.56 Å². The summed E-state index contributed by atoms with van der Waals surface area (Å²) in [4.78, 5) is 15.7. The Kier molecular flexibility index (Phi) is 7.57. The van der Waals surface area contributed by atoms with Crippen LogP contribution in [0.3, 0.4) is 0 Å². The summed E-state index contributed by atoms with van der Waals surface area (Å²) in [5, 5.41) is 7.69. The van der Waals surface area contributed by atoms with Gasteiger partial charge in [0.15, 0.2) is 0 Å². The molecule has 0 spiro atoms. The van der Waals surface area contributed by atoms with Crippen molar-refractivity contribution < 1.29 is 40.3 Å². The van der Waals surface area contributed by atoms with Crippen LogP contribution in [0.5, 0.6) is 0 Å². The summed E-state index contributed by atoms with van der Waals surface area (Å²) in [6, 6.07) is 9.16. The number of H-pyrrole nitrogens is 1. The molecule has 3 aromatic rings. The van der Waals surface area contributed by atoms with Gasteiger partial charge in [-0.05, 0) is 49.2 Å². The number of nitrogens with one attached hydrogen (secondary N) is 2. The van der Waals surface area contributed by atoms with E-state index in [1.165, 1.54) is 24.4 Å². The number of carboxylic acid groups (broad SMARTS) is 1. The lowest BCUT2D eigenvalue weighted by molar-refractivity contribution is -0.192. The highest BCUT2D eigenvalue weighted by molar-refractivity contribution is 7.89. The van der Waals surface area contributed by atoms with Crippen molar-refractivity contribution in [3.8, 4) is 11.1 Å². The first-order valence-electron chi connectivity index (χ1n) is 8.91. The number of rotatable bonds is 5. The van der Waals surface area contributed by atoms with Crippen LogP contribution in [0.1, 0.15) is 26.0 Å². The van der Waals surface area contributed by atoms with Gasteiger partial charge in [-0.15, -0.1) is 0 Å². The number of nitrogens with zero attached hydrogens (tertiary/aromatic N) is 1. The molecule has 1 aromatic carbocycles. The van der Waals surface area contributed by atoms with Gasteiger partial charge in [-0.25, -0.2) is 31.7 Å². The molecular formula is C19H18F5N3O4S. The van der Waals surface area contributed by atoms with Crippen molar-refractivity contribution in [2.24, 2.45) is 0 Å². The van der Waals surface area contributed by atoms with Crippen molar-refractivity contribution in [2.45, 2.75) is 37.4 Å². The fourth-order valence-electron chi connectivity index (χ4n) is 2.61. The summed E-state index contributed by atoms with van der Waals surface area (Å²) >= 11 is 0. The third kappa shape index (κ3) is 6.23. The molecule has 0 atom stereocenters. The summed E-state index contributed by atoms with van der Waals surface area (Å²) in [7, 11) is -3.58. The van der Waals surface area contributed by atoms with Crippen LogP contribution in [0.2, 0.25) is 0 Å². The van der Waals surface area contributed by atoms with Crippen LogP contribution in [0.15, 0.2) is 47.5 Å². The molecule has 7 nitrogen and oxygen atoms in total. The first-order valence-corrected chi connectivity index (χ1v) is 10.4. The second-order valence-corrected chi connectivity index (χ2v) is 8.46. The van der Waals surface area contributed by atoms with Crippen LogP contribution in [-0.4, -0.2) is 41.7 Å². The van der Waals surface area contributed by atoms with Crippen LogP contribution in [0.25, 0.3) is 22.2 Å². The van der Waals surface area contributed by atoms with Crippen molar-refractivity contribution in [2.75, 3.05) is 0 Å². The van der Waals surface area contributed by atoms with E-state index >= 15 is 0 Å². The minimum Gasteiger partial charge on any atom is -0.475 e. The highest BCUT2D eigenvalue weighted by Crippen LogP contribution is 2.31. The number of hydrogen-bond donors (Lipinski definition) is 3. The zero-order valence-corrected chi connectivity index (χ0v) is 17.4. The number of aliphatic carboxylic acids is 1. The molecule has 2 heterocycles. The molecule has 0 fully saturated rings. The predicted molar refractivity (Wildman–Crippen MR) is 106 cm³/mol. The van der Waals surface area contributed by atoms with E-state index in [-0.39, 0.29) is 16.6 Å². The van der Waals surface area contributed by atoms with Crippen LogP contribution >= 0.6 is 0 Å². The molecule has 174 valence electrons. The quantitative estimate of drug-likeness (QED) is 0.467. The van der Waals surface area contributed by atoms with Crippen molar-refractivity contribution >= 4 is 27.0 Å². The number of carbonyl (C=O) groups is 1. The average Bonchev–Trinajstić information content (AvgIpc) is 3.11. The monoisotopic (exact) mass is 479 g/mol. The largest absolute Gasteiger partial charge is 0.490 e. The van der Waals surface area contributed by atoms with Crippen molar-refractivity contribution in [3.05, 3.63) is 48.3 Å². The van der Waals surface area contributed by atoms with E-state index in [1.54, 1.807) is 32.0 Å². The normalized spacial score (nSPS) is 12.2. The molecule has 0 aliphatic rings. The Balaban J connectivity index is 0.000000451. The van der Waals surface area contributed by atoms with E-state index in [1.807, 2.05) is 0 Å². The SMILES string of the molecule is CC(C)NS(=O)(=O)c1ccc(-c2ccnc3[nH]c(C(F)F)cc23)cc1.O=C(O)C(F)(F)F. The van der Waals surface area contributed by atoms with Crippen molar-refractivity contribution in [1.29, 1.82) is 0 Å². The van der Waals surface area contributed by atoms with E-state index in [2.05, 4.69) is 14.7 Å². The molecule has 0 saturated carbocycles. The number of carboxylic acids is 1. The van der Waals surface area contributed by atoms with Gasteiger partial charge in [-0.1, -0.05) is 12.1 Å².